The number of nitrogens with one attached hydrogen (secondary N) is 2. The van der Waals surface area contributed by atoms with Gasteiger partial charge in [-0.05, 0) is 44.5 Å². The Morgan fingerprint density at radius 3 is 1.04 bits per heavy atom. The lowest BCUT2D eigenvalue weighted by atomic mass is 9.95. The lowest BCUT2D eigenvalue weighted by molar-refractivity contribution is -0.155. The van der Waals surface area contributed by atoms with Gasteiger partial charge in [-0.15, -0.1) is 23.5 Å². The molecule has 10 rings (SSSR count). The summed E-state index contributed by atoms with van der Waals surface area (Å²) >= 11 is 2.66. The monoisotopic (exact) mass is 966 g/mol. The van der Waals surface area contributed by atoms with Gasteiger partial charge in [-0.3, -0.25) is 29.0 Å². The molecule has 14 heteroatoms. The van der Waals surface area contributed by atoms with Crippen molar-refractivity contribution in [3.63, 3.8) is 0 Å². The van der Waals surface area contributed by atoms with Crippen molar-refractivity contribution in [3.05, 3.63) is 238 Å². The lowest BCUT2D eigenvalue weighted by Gasteiger charge is -2.52. The number of amides is 4. The van der Waals surface area contributed by atoms with Crippen molar-refractivity contribution in [2.24, 2.45) is 0 Å². The van der Waals surface area contributed by atoms with Crippen LogP contribution in [0.3, 0.4) is 0 Å². The number of nitrogens with zero attached hydrogens (tertiary/aromatic N) is 2. The Balaban J connectivity index is 1.06. The Bertz CT molecular complexity index is 2710. The van der Waals surface area contributed by atoms with E-state index in [1.165, 1.54) is 33.3 Å². The van der Waals surface area contributed by atoms with Gasteiger partial charge in [0.1, 0.15) is 34.2 Å². The first-order valence-electron chi connectivity index (χ1n) is 22.9. The van der Waals surface area contributed by atoms with Gasteiger partial charge in [0.05, 0.1) is 12.8 Å². The number of β-lactam (4-membered cyclic amide) rings is 2. The van der Waals surface area contributed by atoms with Crippen molar-refractivity contribution in [1.29, 1.82) is 0 Å². The molecule has 4 amide bonds. The van der Waals surface area contributed by atoms with Crippen LogP contribution in [-0.2, 0) is 51.1 Å². The molecule has 6 aromatic rings. The molecule has 6 aromatic carbocycles. The SMILES string of the molecule is O=C(Cc1ccccc1)N[C@@H]1C(=O)N2C(C(=O)OC(c3ccccc3)c3ccccc3)=C(C3=C(C(=O)OC(c4ccccc4)c4ccccc4)N4C(=O)[C@@H](NC(=O)Cc5ccccc5)[C@H]4SC3)CS[C@H]12. The average Bonchev–Trinajstić information content (AvgIpc) is 3.40. The minimum atomic E-state index is -0.956. The molecule has 350 valence electrons. The zero-order chi connectivity index (χ0) is 48.1. The van der Waals surface area contributed by atoms with Crippen molar-refractivity contribution in [2.75, 3.05) is 11.5 Å². The Hall–Kier alpha value is -7.68. The fraction of sp³-hybridized carbons (Fsp3) is 0.179. The first kappa shape index (κ1) is 46.1. The molecule has 0 bridgehead atoms. The molecule has 4 heterocycles. The van der Waals surface area contributed by atoms with Crippen molar-refractivity contribution in [1.82, 2.24) is 20.4 Å². The second kappa shape index (κ2) is 20.5. The topological polar surface area (TPSA) is 151 Å². The van der Waals surface area contributed by atoms with Gasteiger partial charge >= 0.3 is 11.9 Å². The minimum Gasteiger partial charge on any atom is -0.448 e. The normalized spacial score (nSPS) is 19.4. The second-order valence-corrected chi connectivity index (χ2v) is 19.3. The van der Waals surface area contributed by atoms with Gasteiger partial charge in [0.2, 0.25) is 11.8 Å². The summed E-state index contributed by atoms with van der Waals surface area (Å²) in [6.07, 6.45) is -1.69. The fourth-order valence-corrected chi connectivity index (χ4v) is 12.0. The molecule has 70 heavy (non-hydrogen) atoms. The zero-order valence-electron chi connectivity index (χ0n) is 37.6. The van der Waals surface area contributed by atoms with Gasteiger partial charge in [0.15, 0.2) is 12.2 Å². The van der Waals surface area contributed by atoms with Gasteiger partial charge in [0, 0.05) is 11.5 Å². The van der Waals surface area contributed by atoms with Crippen LogP contribution < -0.4 is 10.6 Å². The quantitative estimate of drug-likeness (QED) is 0.0785. The number of thioether (sulfide) groups is 2. The first-order valence-corrected chi connectivity index (χ1v) is 25.0. The number of benzene rings is 6. The summed E-state index contributed by atoms with van der Waals surface area (Å²) in [5.74, 6) is -3.23. The molecule has 0 aliphatic carbocycles. The predicted molar refractivity (Wildman–Crippen MR) is 266 cm³/mol. The van der Waals surface area contributed by atoms with Crippen LogP contribution in [0.2, 0.25) is 0 Å². The van der Waals surface area contributed by atoms with Gasteiger partial charge in [0.25, 0.3) is 11.8 Å². The van der Waals surface area contributed by atoms with E-state index in [4.69, 9.17) is 9.47 Å². The molecule has 4 atom stereocenters. The van der Waals surface area contributed by atoms with Crippen LogP contribution >= 0.6 is 23.5 Å². The maximum absolute atomic E-state index is 15.2. The molecular formula is C56H46N4O8S2. The van der Waals surface area contributed by atoms with E-state index in [0.717, 1.165) is 11.1 Å². The van der Waals surface area contributed by atoms with Crippen LogP contribution in [-0.4, -0.2) is 79.7 Å². The van der Waals surface area contributed by atoms with Gasteiger partial charge in [-0.2, -0.15) is 0 Å². The molecule has 2 N–H and O–H groups in total. The third-order valence-electron chi connectivity index (χ3n) is 12.6. The molecule has 12 nitrogen and oxygen atoms in total. The summed E-state index contributed by atoms with van der Waals surface area (Å²) in [6, 6.07) is 53.5. The van der Waals surface area contributed by atoms with Gasteiger partial charge in [-0.1, -0.05) is 182 Å². The Morgan fingerprint density at radius 1 is 0.457 bits per heavy atom. The number of carbonyl (C=O) groups is 6. The van der Waals surface area contributed by atoms with Gasteiger partial charge < -0.3 is 20.1 Å². The molecule has 2 fully saturated rings. The molecular weight excluding hydrogens is 921 g/mol. The smallest absolute Gasteiger partial charge is 0.356 e. The third kappa shape index (κ3) is 9.39. The molecule has 4 aliphatic heterocycles. The van der Waals surface area contributed by atoms with E-state index in [-0.39, 0.29) is 47.6 Å². The molecule has 0 radical (unpaired) electrons. The van der Waals surface area contributed by atoms with E-state index in [1.54, 1.807) is 0 Å². The molecule has 0 aromatic heterocycles. The highest BCUT2D eigenvalue weighted by molar-refractivity contribution is 8.00. The zero-order valence-corrected chi connectivity index (χ0v) is 39.2. The number of hydrogen-bond donors (Lipinski definition) is 2. The largest absolute Gasteiger partial charge is 0.448 e. The van der Waals surface area contributed by atoms with Crippen LogP contribution in [0.25, 0.3) is 0 Å². The predicted octanol–water partition coefficient (Wildman–Crippen LogP) is 7.45. The first-order chi connectivity index (χ1) is 34.2. The summed E-state index contributed by atoms with van der Waals surface area (Å²) in [4.78, 5) is 89.0. The van der Waals surface area contributed by atoms with E-state index in [1.807, 2.05) is 182 Å². The number of carbonyl (C=O) groups excluding carboxylic acids is 6. The van der Waals surface area contributed by atoms with E-state index in [0.29, 0.717) is 33.4 Å². The third-order valence-corrected chi connectivity index (χ3v) is 15.2. The van der Waals surface area contributed by atoms with E-state index in [9.17, 15) is 19.2 Å². The lowest BCUT2D eigenvalue weighted by Crippen LogP contribution is -2.71. The number of rotatable bonds is 15. The van der Waals surface area contributed by atoms with Crippen molar-refractivity contribution in [3.8, 4) is 0 Å². The second-order valence-electron chi connectivity index (χ2n) is 17.1. The highest BCUT2D eigenvalue weighted by Crippen LogP contribution is 2.49. The van der Waals surface area contributed by atoms with Crippen molar-refractivity contribution in [2.45, 2.75) is 47.9 Å². The number of hydrogen-bond acceptors (Lipinski definition) is 10. The van der Waals surface area contributed by atoms with Crippen LogP contribution in [0.1, 0.15) is 45.6 Å². The van der Waals surface area contributed by atoms with Crippen LogP contribution in [0, 0.1) is 0 Å². The molecule has 4 aliphatic rings. The summed E-state index contributed by atoms with van der Waals surface area (Å²) in [6.45, 7) is 0. The van der Waals surface area contributed by atoms with E-state index in [2.05, 4.69) is 10.6 Å². The number of esters is 2. The highest BCUT2D eigenvalue weighted by Gasteiger charge is 2.58. The summed E-state index contributed by atoms with van der Waals surface area (Å²) in [5, 5.41) is 4.41. The Labute approximate surface area is 413 Å². The van der Waals surface area contributed by atoms with Crippen LogP contribution in [0.15, 0.2) is 205 Å². The van der Waals surface area contributed by atoms with E-state index >= 15 is 9.59 Å². The summed E-state index contributed by atoms with van der Waals surface area (Å²) in [7, 11) is 0. The summed E-state index contributed by atoms with van der Waals surface area (Å²) < 4.78 is 13.0. The number of fused-ring (bicyclic) bond motifs is 2. The molecule has 0 unspecified atom stereocenters. The standard InChI is InChI=1S/C56H46N4O8S2/c61-43(31-35-19-7-1-8-20-35)57-45-51(63)59-47(55(65)67-49(37-23-11-3-12-24-37)38-25-13-4-14-26-38)41(33-69-53(45)59)42-34-70-54-46(58-44(62)32-36-21-9-2-10-22-36)52(64)60(54)48(42)56(66)68-50(39-27-15-5-16-28-39)40-29-17-6-18-30-40/h1-30,45-46,49-50,53-54H,31-34H2,(H,57,61)(H,58,62)/t45-,46-,53-,54-/m1/s1. The fourth-order valence-electron chi connectivity index (χ4n) is 9.18. The van der Waals surface area contributed by atoms with Crippen LogP contribution in [0.5, 0.6) is 0 Å². The van der Waals surface area contributed by atoms with E-state index < -0.39 is 58.8 Å². The van der Waals surface area contributed by atoms with Crippen molar-refractivity contribution >= 4 is 59.1 Å². The van der Waals surface area contributed by atoms with Crippen molar-refractivity contribution < 1.29 is 38.2 Å². The molecule has 0 saturated carbocycles. The average molecular weight is 967 g/mol. The minimum absolute atomic E-state index is 0.0507. The maximum Gasteiger partial charge on any atom is 0.356 e. The van der Waals surface area contributed by atoms with Crippen LogP contribution in [0.4, 0.5) is 0 Å². The number of ether oxygens (including phenoxy) is 2. The Kier molecular flexibility index (Phi) is 13.5. The molecule has 0 spiro atoms. The Morgan fingerprint density at radius 2 is 0.743 bits per heavy atom. The molecule has 2 saturated heterocycles. The highest BCUT2D eigenvalue weighted by atomic mass is 32.2. The van der Waals surface area contributed by atoms with Gasteiger partial charge in [-0.25, -0.2) is 9.59 Å². The maximum atomic E-state index is 15.2. The summed E-state index contributed by atoms with van der Waals surface area (Å²) in [5.41, 5.74) is 4.73.